The Balaban J connectivity index is 1.97. The van der Waals surface area contributed by atoms with Crippen molar-refractivity contribution in [1.82, 2.24) is 30.3 Å². The third-order valence-corrected chi connectivity index (χ3v) is 3.59. The van der Waals surface area contributed by atoms with E-state index in [4.69, 9.17) is 0 Å². The highest BCUT2D eigenvalue weighted by Crippen LogP contribution is 2.19. The molecule has 1 heterocycles. The van der Waals surface area contributed by atoms with Crippen molar-refractivity contribution in [2.75, 3.05) is 20.6 Å². The Morgan fingerprint density at radius 2 is 2.00 bits per heavy atom. The van der Waals surface area contributed by atoms with Crippen LogP contribution >= 0.6 is 0 Å². The van der Waals surface area contributed by atoms with E-state index in [-0.39, 0.29) is 18.5 Å². The summed E-state index contributed by atoms with van der Waals surface area (Å²) in [6.45, 7) is 2.12. The molecule has 0 unspecified atom stereocenters. The average molecular weight is 316 g/mol. The van der Waals surface area contributed by atoms with Gasteiger partial charge in [0.15, 0.2) is 0 Å². The third kappa shape index (κ3) is 4.36. The third-order valence-electron chi connectivity index (χ3n) is 3.59. The van der Waals surface area contributed by atoms with Crippen molar-refractivity contribution in [3.63, 3.8) is 0 Å². The van der Waals surface area contributed by atoms with Gasteiger partial charge in [0.1, 0.15) is 12.7 Å². The molecule has 1 aromatic heterocycles. The molecule has 1 atom stereocenters. The maximum atomic E-state index is 11.7. The van der Waals surface area contributed by atoms with Crippen LogP contribution in [0.3, 0.4) is 0 Å². The molecule has 0 aliphatic rings. The minimum atomic E-state index is -0.506. The van der Waals surface area contributed by atoms with Gasteiger partial charge in [0.05, 0.1) is 12.2 Å². The van der Waals surface area contributed by atoms with Gasteiger partial charge in [-0.05, 0) is 31.7 Å². The van der Waals surface area contributed by atoms with Crippen molar-refractivity contribution in [2.45, 2.75) is 13.0 Å². The molecular weight excluding hydrogens is 296 g/mol. The van der Waals surface area contributed by atoms with Crippen LogP contribution in [-0.2, 0) is 4.79 Å². The summed E-state index contributed by atoms with van der Waals surface area (Å²) in [5.41, 5.74) is 1.97. The van der Waals surface area contributed by atoms with E-state index in [1.54, 1.807) is 11.0 Å². The molecule has 3 amide bonds. The Kier molecular flexibility index (Phi) is 5.42. The standard InChI is InChI=1S/C15H20N6O2/c1-11(20(3)8-14(22)19-15(23)16-2)12-4-6-13(7-5-12)21-10-17-9-18-21/h4-7,9-11H,8H2,1-3H3,(H2,16,19,22,23)/t11-/m1/s1. The van der Waals surface area contributed by atoms with E-state index in [1.807, 2.05) is 43.1 Å². The number of imide groups is 1. The summed E-state index contributed by atoms with van der Waals surface area (Å²) in [6, 6.07) is 7.37. The van der Waals surface area contributed by atoms with E-state index in [1.165, 1.54) is 13.4 Å². The van der Waals surface area contributed by atoms with Crippen LogP contribution in [-0.4, -0.2) is 52.2 Å². The molecule has 2 rings (SSSR count). The van der Waals surface area contributed by atoms with Crippen LogP contribution in [0.4, 0.5) is 4.79 Å². The number of benzene rings is 1. The van der Waals surface area contributed by atoms with Crippen molar-refractivity contribution in [1.29, 1.82) is 0 Å². The van der Waals surface area contributed by atoms with Crippen LogP contribution in [0, 0.1) is 0 Å². The molecule has 2 aromatic rings. The number of nitrogens with zero attached hydrogens (tertiary/aromatic N) is 4. The minimum absolute atomic E-state index is 0.0234. The highest BCUT2D eigenvalue weighted by Gasteiger charge is 2.16. The van der Waals surface area contributed by atoms with Gasteiger partial charge in [0.25, 0.3) is 0 Å². The van der Waals surface area contributed by atoms with E-state index in [0.717, 1.165) is 11.3 Å². The second-order valence-electron chi connectivity index (χ2n) is 5.15. The molecule has 0 radical (unpaired) electrons. The van der Waals surface area contributed by atoms with Gasteiger partial charge in [-0.1, -0.05) is 12.1 Å². The largest absolute Gasteiger partial charge is 0.341 e. The Morgan fingerprint density at radius 1 is 1.30 bits per heavy atom. The van der Waals surface area contributed by atoms with E-state index in [2.05, 4.69) is 20.7 Å². The van der Waals surface area contributed by atoms with Gasteiger partial charge in [-0.15, -0.1) is 0 Å². The first-order valence-corrected chi connectivity index (χ1v) is 7.18. The highest BCUT2D eigenvalue weighted by atomic mass is 16.2. The molecule has 0 fully saturated rings. The molecule has 23 heavy (non-hydrogen) atoms. The SMILES string of the molecule is CNC(=O)NC(=O)CN(C)[C@H](C)c1ccc(-n2cncn2)cc1. The molecule has 0 spiro atoms. The predicted molar refractivity (Wildman–Crippen MR) is 85.0 cm³/mol. The van der Waals surface area contributed by atoms with Crippen molar-refractivity contribution < 1.29 is 9.59 Å². The fourth-order valence-electron chi connectivity index (χ4n) is 2.09. The topological polar surface area (TPSA) is 92.2 Å². The number of carbonyl (C=O) groups is 2. The Labute approximate surface area is 134 Å². The summed E-state index contributed by atoms with van der Waals surface area (Å²) in [4.78, 5) is 28.6. The zero-order valence-electron chi connectivity index (χ0n) is 13.4. The summed E-state index contributed by atoms with van der Waals surface area (Å²) in [5, 5.41) is 8.67. The molecule has 0 saturated carbocycles. The molecule has 0 bridgehead atoms. The quantitative estimate of drug-likeness (QED) is 0.848. The Bertz CT molecular complexity index is 653. The van der Waals surface area contributed by atoms with Gasteiger partial charge in [-0.25, -0.2) is 14.5 Å². The summed E-state index contributed by atoms with van der Waals surface area (Å²) < 4.78 is 1.68. The fourth-order valence-corrected chi connectivity index (χ4v) is 2.09. The van der Waals surface area contributed by atoms with Gasteiger partial charge in [0.2, 0.25) is 5.91 Å². The smallest absolute Gasteiger partial charge is 0.321 e. The van der Waals surface area contributed by atoms with Crippen LogP contribution in [0.1, 0.15) is 18.5 Å². The molecule has 8 nitrogen and oxygen atoms in total. The molecule has 0 aliphatic carbocycles. The lowest BCUT2D eigenvalue weighted by atomic mass is 10.1. The van der Waals surface area contributed by atoms with Crippen LogP contribution in [0.2, 0.25) is 0 Å². The summed E-state index contributed by atoms with van der Waals surface area (Å²) in [6.07, 6.45) is 3.11. The van der Waals surface area contributed by atoms with Crippen LogP contribution in [0.25, 0.3) is 5.69 Å². The monoisotopic (exact) mass is 316 g/mol. The number of hydrogen-bond acceptors (Lipinski definition) is 5. The number of likely N-dealkylation sites (N-methyl/N-ethyl adjacent to an activating group) is 1. The lowest BCUT2D eigenvalue weighted by Crippen LogP contribution is -2.43. The van der Waals surface area contributed by atoms with Crippen LogP contribution in [0.15, 0.2) is 36.9 Å². The zero-order valence-corrected chi connectivity index (χ0v) is 13.4. The Morgan fingerprint density at radius 3 is 2.57 bits per heavy atom. The van der Waals surface area contributed by atoms with Gasteiger partial charge in [-0.2, -0.15) is 5.10 Å². The van der Waals surface area contributed by atoms with Crippen LogP contribution < -0.4 is 10.6 Å². The van der Waals surface area contributed by atoms with Gasteiger partial charge < -0.3 is 5.32 Å². The average Bonchev–Trinajstić information content (AvgIpc) is 3.08. The first kappa shape index (κ1) is 16.6. The number of rotatable bonds is 5. The maximum absolute atomic E-state index is 11.7. The molecular formula is C15H20N6O2. The summed E-state index contributed by atoms with van der Waals surface area (Å²) >= 11 is 0. The fraction of sp³-hybridized carbons (Fsp3) is 0.333. The molecule has 122 valence electrons. The number of aromatic nitrogens is 3. The zero-order chi connectivity index (χ0) is 16.8. The van der Waals surface area contributed by atoms with Gasteiger partial charge in [0, 0.05) is 13.1 Å². The van der Waals surface area contributed by atoms with Crippen molar-refractivity contribution >= 4 is 11.9 Å². The number of hydrogen-bond donors (Lipinski definition) is 2. The van der Waals surface area contributed by atoms with Crippen LogP contribution in [0.5, 0.6) is 0 Å². The van der Waals surface area contributed by atoms with Gasteiger partial charge in [-0.3, -0.25) is 15.0 Å². The van der Waals surface area contributed by atoms with Crippen molar-refractivity contribution in [3.8, 4) is 5.69 Å². The molecule has 2 N–H and O–H groups in total. The van der Waals surface area contributed by atoms with E-state index in [0.29, 0.717) is 0 Å². The van der Waals surface area contributed by atoms with E-state index in [9.17, 15) is 9.59 Å². The second-order valence-corrected chi connectivity index (χ2v) is 5.15. The number of carbonyl (C=O) groups excluding carboxylic acids is 2. The van der Waals surface area contributed by atoms with E-state index < -0.39 is 6.03 Å². The van der Waals surface area contributed by atoms with Gasteiger partial charge >= 0.3 is 6.03 Å². The highest BCUT2D eigenvalue weighted by molar-refractivity contribution is 5.95. The number of amides is 3. The summed E-state index contributed by atoms with van der Waals surface area (Å²) in [5.74, 6) is -0.349. The first-order chi connectivity index (χ1) is 11.0. The first-order valence-electron chi connectivity index (χ1n) is 7.18. The number of nitrogens with one attached hydrogen (secondary N) is 2. The molecule has 1 aromatic carbocycles. The summed E-state index contributed by atoms with van der Waals surface area (Å²) in [7, 11) is 3.30. The normalized spacial score (nSPS) is 12.0. The lowest BCUT2D eigenvalue weighted by molar-refractivity contribution is -0.121. The second kappa shape index (κ2) is 7.50. The molecule has 0 aliphatic heterocycles. The predicted octanol–water partition coefficient (Wildman–Crippen LogP) is 0.716. The van der Waals surface area contributed by atoms with Crippen molar-refractivity contribution in [3.05, 3.63) is 42.5 Å². The Hall–Kier alpha value is -2.74. The van der Waals surface area contributed by atoms with E-state index >= 15 is 0 Å². The molecule has 0 saturated heterocycles. The lowest BCUT2D eigenvalue weighted by Gasteiger charge is -2.24. The minimum Gasteiger partial charge on any atom is -0.341 e. The van der Waals surface area contributed by atoms with Crippen molar-refractivity contribution in [2.24, 2.45) is 0 Å². The molecule has 8 heteroatoms. The maximum Gasteiger partial charge on any atom is 0.321 e. The number of urea groups is 1.